The summed E-state index contributed by atoms with van der Waals surface area (Å²) in [5.74, 6) is -0.765. The van der Waals surface area contributed by atoms with Crippen LogP contribution in [-0.4, -0.2) is 47.1 Å². The van der Waals surface area contributed by atoms with Crippen molar-refractivity contribution in [2.45, 2.75) is 39.0 Å². The molecule has 0 aliphatic heterocycles. The molecule has 0 aliphatic carbocycles. The normalized spacial score (nSPS) is 10.6. The molecule has 3 N–H and O–H groups in total. The Hall–Kier alpha value is -4.07. The Morgan fingerprint density at radius 2 is 1.26 bits per heavy atom. The highest BCUT2D eigenvalue weighted by Crippen LogP contribution is 2.27. The van der Waals surface area contributed by atoms with Gasteiger partial charge in [0, 0.05) is 6.42 Å². The highest BCUT2D eigenvalue weighted by molar-refractivity contribution is 6.10. The minimum absolute atomic E-state index is 0.00662. The molecule has 0 spiro atoms. The van der Waals surface area contributed by atoms with Crippen LogP contribution in [0, 0.1) is 0 Å². The molecule has 8 heteroatoms. The SMILES string of the molecule is CCCCCC(=O)O.COc1cc(/C=C/C(=O)CC(=O)/C=C/c2ccc(O)c(OC)c2)ccc1O. The Kier molecular flexibility index (Phi) is 13.0. The average molecular weight is 485 g/mol. The van der Waals surface area contributed by atoms with Crippen molar-refractivity contribution in [1.29, 1.82) is 0 Å². The Bertz CT molecular complexity index is 980. The van der Waals surface area contributed by atoms with Crippen LogP contribution in [-0.2, 0) is 14.4 Å². The van der Waals surface area contributed by atoms with Crippen LogP contribution >= 0.6 is 0 Å². The molecule has 35 heavy (non-hydrogen) atoms. The number of benzene rings is 2. The number of rotatable bonds is 12. The van der Waals surface area contributed by atoms with Gasteiger partial charge in [0.05, 0.1) is 20.6 Å². The van der Waals surface area contributed by atoms with Crippen LogP contribution in [0.1, 0.15) is 50.2 Å². The summed E-state index contributed by atoms with van der Waals surface area (Å²) in [4.78, 5) is 33.7. The second kappa shape index (κ2) is 15.7. The third kappa shape index (κ3) is 11.6. The van der Waals surface area contributed by atoms with E-state index in [1.807, 2.05) is 0 Å². The van der Waals surface area contributed by atoms with Crippen LogP contribution in [0.25, 0.3) is 12.2 Å². The van der Waals surface area contributed by atoms with Crippen LogP contribution < -0.4 is 9.47 Å². The number of unbranched alkanes of at least 4 members (excludes halogenated alkanes) is 2. The fourth-order valence-electron chi connectivity index (χ4n) is 2.79. The Balaban J connectivity index is 0.000000658. The largest absolute Gasteiger partial charge is 0.504 e. The number of hydrogen-bond acceptors (Lipinski definition) is 7. The monoisotopic (exact) mass is 484 g/mol. The van der Waals surface area contributed by atoms with E-state index in [9.17, 15) is 24.6 Å². The van der Waals surface area contributed by atoms with Crippen molar-refractivity contribution >= 4 is 29.7 Å². The minimum atomic E-state index is -0.682. The van der Waals surface area contributed by atoms with Gasteiger partial charge in [0.2, 0.25) is 0 Å². The summed E-state index contributed by atoms with van der Waals surface area (Å²) in [6.45, 7) is 2.06. The molecule has 0 amide bonds. The molecule has 0 bridgehead atoms. The van der Waals surface area contributed by atoms with E-state index < -0.39 is 5.97 Å². The van der Waals surface area contributed by atoms with E-state index in [2.05, 4.69) is 6.92 Å². The van der Waals surface area contributed by atoms with Gasteiger partial charge in [0.25, 0.3) is 0 Å². The number of methoxy groups -OCH3 is 2. The lowest BCUT2D eigenvalue weighted by molar-refractivity contribution is -0.137. The molecule has 2 rings (SSSR count). The maximum atomic E-state index is 11.9. The zero-order valence-corrected chi connectivity index (χ0v) is 20.2. The molecular formula is C27H32O8. The summed E-state index contributed by atoms with van der Waals surface area (Å²) in [6, 6.07) is 9.34. The Morgan fingerprint density at radius 1 is 0.800 bits per heavy atom. The molecular weight excluding hydrogens is 452 g/mol. The van der Waals surface area contributed by atoms with Gasteiger partial charge in [-0.15, -0.1) is 0 Å². The molecule has 0 fully saturated rings. The number of aliphatic carboxylic acids is 1. The van der Waals surface area contributed by atoms with E-state index in [1.165, 1.54) is 38.5 Å². The van der Waals surface area contributed by atoms with Crippen LogP contribution in [0.5, 0.6) is 23.0 Å². The summed E-state index contributed by atoms with van der Waals surface area (Å²) in [6.07, 6.45) is 8.72. The van der Waals surface area contributed by atoms with Gasteiger partial charge in [-0.1, -0.05) is 44.1 Å². The molecule has 188 valence electrons. The molecule has 0 radical (unpaired) electrons. The molecule has 0 aliphatic rings. The summed E-state index contributed by atoms with van der Waals surface area (Å²) in [5, 5.41) is 27.2. The van der Waals surface area contributed by atoms with Gasteiger partial charge in [-0.2, -0.15) is 0 Å². The van der Waals surface area contributed by atoms with E-state index in [-0.39, 0.29) is 29.5 Å². The van der Waals surface area contributed by atoms with Crippen LogP contribution in [0.15, 0.2) is 48.6 Å². The Morgan fingerprint density at radius 3 is 1.63 bits per heavy atom. The number of allylic oxidation sites excluding steroid dienone is 2. The first-order valence-corrected chi connectivity index (χ1v) is 11.1. The van der Waals surface area contributed by atoms with Crippen molar-refractivity contribution in [3.8, 4) is 23.0 Å². The minimum Gasteiger partial charge on any atom is -0.504 e. The molecule has 0 unspecified atom stereocenters. The lowest BCUT2D eigenvalue weighted by Crippen LogP contribution is -2.01. The van der Waals surface area contributed by atoms with E-state index >= 15 is 0 Å². The first kappa shape index (κ1) is 29.0. The van der Waals surface area contributed by atoms with Gasteiger partial charge >= 0.3 is 5.97 Å². The first-order valence-electron chi connectivity index (χ1n) is 11.1. The van der Waals surface area contributed by atoms with Crippen molar-refractivity contribution in [1.82, 2.24) is 0 Å². The lowest BCUT2D eigenvalue weighted by atomic mass is 10.1. The number of hydrogen-bond donors (Lipinski definition) is 3. The number of aromatic hydroxyl groups is 2. The molecule has 0 aromatic heterocycles. The van der Waals surface area contributed by atoms with Crippen molar-refractivity contribution in [3.63, 3.8) is 0 Å². The standard InChI is InChI=1S/C21H20O6.C6H12O2/c1-26-20-11-14(5-9-18(20)24)3-7-16(22)13-17(23)8-4-15-6-10-19(25)21(12-15)27-2;1-2-3-4-5-6(7)8/h3-12,24-25H,13H2,1-2H3;2-5H2,1H3,(H,7,8)/b7-3+,8-4+;. The van der Waals surface area contributed by atoms with Crippen molar-refractivity contribution in [2.75, 3.05) is 14.2 Å². The van der Waals surface area contributed by atoms with Gasteiger partial charge in [0.1, 0.15) is 0 Å². The fourth-order valence-corrected chi connectivity index (χ4v) is 2.79. The van der Waals surface area contributed by atoms with E-state index in [4.69, 9.17) is 14.6 Å². The third-order valence-electron chi connectivity index (χ3n) is 4.67. The summed E-state index contributed by atoms with van der Waals surface area (Å²) < 4.78 is 10.00. The highest BCUT2D eigenvalue weighted by Gasteiger charge is 2.06. The van der Waals surface area contributed by atoms with Gasteiger partial charge in [-0.05, 0) is 54.0 Å². The predicted octanol–water partition coefficient (Wildman–Crippen LogP) is 5.02. The maximum Gasteiger partial charge on any atom is 0.303 e. The van der Waals surface area contributed by atoms with E-state index in [0.717, 1.165) is 19.3 Å². The number of ether oxygens (including phenoxy) is 2. The molecule has 0 heterocycles. The third-order valence-corrected chi connectivity index (χ3v) is 4.67. The Labute approximate surface area is 205 Å². The number of ketones is 2. The van der Waals surface area contributed by atoms with Crippen molar-refractivity contribution < 1.29 is 39.2 Å². The van der Waals surface area contributed by atoms with Gasteiger partial charge in [-0.25, -0.2) is 0 Å². The van der Waals surface area contributed by atoms with Gasteiger partial charge < -0.3 is 24.8 Å². The summed E-state index contributed by atoms with van der Waals surface area (Å²) in [5.41, 5.74) is 1.33. The zero-order chi connectivity index (χ0) is 26.2. The summed E-state index contributed by atoms with van der Waals surface area (Å²) in [7, 11) is 2.87. The molecule has 2 aromatic carbocycles. The van der Waals surface area contributed by atoms with Crippen molar-refractivity contribution in [2.24, 2.45) is 0 Å². The van der Waals surface area contributed by atoms with Crippen LogP contribution in [0.2, 0.25) is 0 Å². The number of carboxylic acids is 1. The van der Waals surface area contributed by atoms with Crippen molar-refractivity contribution in [3.05, 3.63) is 59.7 Å². The number of carbonyl (C=O) groups excluding carboxylic acids is 2. The molecule has 0 atom stereocenters. The van der Waals surface area contributed by atoms with E-state index in [0.29, 0.717) is 29.0 Å². The molecule has 0 saturated carbocycles. The number of carboxylic acid groups (broad SMARTS) is 1. The summed E-state index contributed by atoms with van der Waals surface area (Å²) >= 11 is 0. The molecule has 0 saturated heterocycles. The first-order chi connectivity index (χ1) is 16.7. The zero-order valence-electron chi connectivity index (χ0n) is 20.2. The maximum absolute atomic E-state index is 11.9. The smallest absolute Gasteiger partial charge is 0.303 e. The fraction of sp³-hybridized carbons (Fsp3) is 0.296. The number of phenols is 2. The lowest BCUT2D eigenvalue weighted by Gasteiger charge is -2.03. The van der Waals surface area contributed by atoms with E-state index in [1.54, 1.807) is 36.4 Å². The van der Waals surface area contributed by atoms with Gasteiger partial charge in [0.15, 0.2) is 34.6 Å². The second-order valence-corrected chi connectivity index (χ2v) is 7.49. The topological polar surface area (TPSA) is 130 Å². The quantitative estimate of drug-likeness (QED) is 0.217. The number of phenolic OH excluding ortho intramolecular Hbond substituents is 2. The second-order valence-electron chi connectivity index (χ2n) is 7.49. The van der Waals surface area contributed by atoms with Crippen LogP contribution in [0.3, 0.4) is 0 Å². The van der Waals surface area contributed by atoms with Crippen LogP contribution in [0.4, 0.5) is 0 Å². The average Bonchev–Trinajstić information content (AvgIpc) is 2.83. The highest BCUT2D eigenvalue weighted by atomic mass is 16.5. The van der Waals surface area contributed by atoms with Gasteiger partial charge in [-0.3, -0.25) is 14.4 Å². The number of carbonyl (C=O) groups is 3. The predicted molar refractivity (Wildman–Crippen MR) is 134 cm³/mol. The molecule has 2 aromatic rings. The molecule has 8 nitrogen and oxygen atoms in total.